The molecule has 16 heavy (non-hydrogen) atoms. The highest BCUT2D eigenvalue weighted by Gasteiger charge is 2.16. The van der Waals surface area contributed by atoms with Gasteiger partial charge < -0.3 is 10.1 Å². The summed E-state index contributed by atoms with van der Waals surface area (Å²) in [5, 5.41) is 5.36. The van der Waals surface area contributed by atoms with Crippen LogP contribution in [0.1, 0.15) is 11.8 Å². The molecule has 0 saturated heterocycles. The average molecular weight is 242 g/mol. The van der Waals surface area contributed by atoms with Crippen LogP contribution in [0, 0.1) is 0 Å². The Morgan fingerprint density at radius 3 is 2.88 bits per heavy atom. The lowest BCUT2D eigenvalue weighted by Gasteiger charge is -2.29. The molecule has 0 aliphatic rings. The predicted octanol–water partition coefficient (Wildman–Crippen LogP) is 1.80. The van der Waals surface area contributed by atoms with Gasteiger partial charge in [0, 0.05) is 31.1 Å². The smallest absolute Gasteiger partial charge is 0.0630 e. The SMILES string of the molecule is CCN(Cc1cccs1)C(CNC)COC. The predicted molar refractivity (Wildman–Crippen MR) is 70.0 cm³/mol. The van der Waals surface area contributed by atoms with Gasteiger partial charge in [-0.3, -0.25) is 4.90 Å². The summed E-state index contributed by atoms with van der Waals surface area (Å²) in [4.78, 5) is 3.87. The first-order valence-electron chi connectivity index (χ1n) is 5.71. The topological polar surface area (TPSA) is 24.5 Å². The van der Waals surface area contributed by atoms with E-state index in [0.29, 0.717) is 6.04 Å². The number of thiophene rings is 1. The summed E-state index contributed by atoms with van der Waals surface area (Å²) in [6.45, 7) is 6.01. The molecule has 0 bridgehead atoms. The Hall–Kier alpha value is -0.420. The zero-order chi connectivity index (χ0) is 11.8. The van der Waals surface area contributed by atoms with Crippen molar-refractivity contribution in [1.82, 2.24) is 10.2 Å². The standard InChI is InChI=1S/C12H22N2OS/c1-4-14(9-12-6-5-7-16-12)11(8-13-2)10-15-3/h5-7,11,13H,4,8-10H2,1-3H3. The molecule has 92 valence electrons. The molecule has 1 N–H and O–H groups in total. The van der Waals surface area contributed by atoms with Crippen LogP contribution >= 0.6 is 11.3 Å². The van der Waals surface area contributed by atoms with Gasteiger partial charge in [-0.1, -0.05) is 13.0 Å². The fraction of sp³-hybridized carbons (Fsp3) is 0.667. The third-order valence-electron chi connectivity index (χ3n) is 2.66. The van der Waals surface area contributed by atoms with Crippen LogP contribution in [-0.2, 0) is 11.3 Å². The van der Waals surface area contributed by atoms with E-state index in [1.54, 1.807) is 7.11 Å². The quantitative estimate of drug-likeness (QED) is 0.752. The highest BCUT2D eigenvalue weighted by molar-refractivity contribution is 7.09. The summed E-state index contributed by atoms with van der Waals surface area (Å²) >= 11 is 1.82. The van der Waals surface area contributed by atoms with Crippen molar-refractivity contribution < 1.29 is 4.74 Å². The molecule has 1 unspecified atom stereocenters. The Labute approximate surface area is 102 Å². The van der Waals surface area contributed by atoms with Gasteiger partial charge in [0.15, 0.2) is 0 Å². The van der Waals surface area contributed by atoms with Crippen molar-refractivity contribution in [3.63, 3.8) is 0 Å². The van der Waals surface area contributed by atoms with Crippen LogP contribution in [0.25, 0.3) is 0 Å². The molecule has 1 atom stereocenters. The molecule has 0 aliphatic heterocycles. The number of nitrogens with zero attached hydrogens (tertiary/aromatic N) is 1. The number of likely N-dealkylation sites (N-methyl/N-ethyl adjacent to an activating group) is 2. The molecule has 0 spiro atoms. The summed E-state index contributed by atoms with van der Waals surface area (Å²) in [5.41, 5.74) is 0. The van der Waals surface area contributed by atoms with E-state index >= 15 is 0 Å². The second-order valence-corrected chi connectivity index (χ2v) is 4.84. The van der Waals surface area contributed by atoms with Crippen molar-refractivity contribution in [3.05, 3.63) is 22.4 Å². The van der Waals surface area contributed by atoms with E-state index in [2.05, 4.69) is 34.7 Å². The molecule has 3 nitrogen and oxygen atoms in total. The fourth-order valence-corrected chi connectivity index (χ4v) is 2.55. The highest BCUT2D eigenvalue weighted by atomic mass is 32.1. The molecule has 0 radical (unpaired) electrons. The van der Waals surface area contributed by atoms with Crippen LogP contribution in [0.15, 0.2) is 17.5 Å². The Morgan fingerprint density at radius 2 is 2.38 bits per heavy atom. The number of hydrogen-bond acceptors (Lipinski definition) is 4. The van der Waals surface area contributed by atoms with Crippen molar-refractivity contribution in [1.29, 1.82) is 0 Å². The van der Waals surface area contributed by atoms with Crippen molar-refractivity contribution in [3.8, 4) is 0 Å². The second-order valence-electron chi connectivity index (χ2n) is 3.81. The number of nitrogens with one attached hydrogen (secondary N) is 1. The number of rotatable bonds is 8. The summed E-state index contributed by atoms with van der Waals surface area (Å²) in [5.74, 6) is 0. The first-order chi connectivity index (χ1) is 7.81. The highest BCUT2D eigenvalue weighted by Crippen LogP contribution is 2.13. The van der Waals surface area contributed by atoms with Gasteiger partial charge >= 0.3 is 0 Å². The lowest BCUT2D eigenvalue weighted by atomic mass is 10.2. The molecule has 1 rings (SSSR count). The number of hydrogen-bond donors (Lipinski definition) is 1. The van der Waals surface area contributed by atoms with E-state index in [9.17, 15) is 0 Å². The van der Waals surface area contributed by atoms with Crippen molar-refractivity contribution in [2.45, 2.75) is 19.5 Å². The van der Waals surface area contributed by atoms with Crippen LogP contribution in [0.5, 0.6) is 0 Å². The Bertz CT molecular complexity index is 258. The van der Waals surface area contributed by atoms with Crippen LogP contribution in [-0.4, -0.2) is 44.8 Å². The first-order valence-corrected chi connectivity index (χ1v) is 6.59. The normalized spacial score (nSPS) is 13.2. The van der Waals surface area contributed by atoms with Gasteiger partial charge in [0.05, 0.1) is 6.61 Å². The van der Waals surface area contributed by atoms with Crippen molar-refractivity contribution >= 4 is 11.3 Å². The Balaban J connectivity index is 2.55. The van der Waals surface area contributed by atoms with Gasteiger partial charge in [-0.05, 0) is 25.0 Å². The van der Waals surface area contributed by atoms with Gasteiger partial charge in [-0.2, -0.15) is 0 Å². The lowest BCUT2D eigenvalue weighted by Crippen LogP contribution is -2.43. The minimum Gasteiger partial charge on any atom is -0.383 e. The van der Waals surface area contributed by atoms with Crippen LogP contribution in [0.4, 0.5) is 0 Å². The van der Waals surface area contributed by atoms with Crippen LogP contribution in [0.3, 0.4) is 0 Å². The molecule has 0 fully saturated rings. The van der Waals surface area contributed by atoms with E-state index in [-0.39, 0.29) is 0 Å². The maximum atomic E-state index is 5.28. The fourth-order valence-electron chi connectivity index (χ4n) is 1.82. The maximum absolute atomic E-state index is 5.28. The van der Waals surface area contributed by atoms with E-state index < -0.39 is 0 Å². The van der Waals surface area contributed by atoms with E-state index in [1.807, 2.05) is 18.4 Å². The molecular formula is C12H22N2OS. The number of ether oxygens (including phenoxy) is 1. The molecule has 0 amide bonds. The summed E-state index contributed by atoms with van der Waals surface area (Å²) in [6, 6.07) is 4.75. The minimum atomic E-state index is 0.446. The van der Waals surface area contributed by atoms with Crippen molar-refractivity contribution in [2.24, 2.45) is 0 Å². The minimum absolute atomic E-state index is 0.446. The molecule has 4 heteroatoms. The maximum Gasteiger partial charge on any atom is 0.0630 e. The van der Waals surface area contributed by atoms with Gasteiger partial charge in [-0.15, -0.1) is 11.3 Å². The lowest BCUT2D eigenvalue weighted by molar-refractivity contribution is 0.0895. The van der Waals surface area contributed by atoms with Crippen LogP contribution in [0.2, 0.25) is 0 Å². The molecule has 0 aromatic carbocycles. The third-order valence-corrected chi connectivity index (χ3v) is 3.52. The van der Waals surface area contributed by atoms with E-state index in [4.69, 9.17) is 4.74 Å². The summed E-state index contributed by atoms with van der Waals surface area (Å²) in [7, 11) is 3.75. The van der Waals surface area contributed by atoms with Crippen molar-refractivity contribution in [2.75, 3.05) is 33.9 Å². The third kappa shape index (κ3) is 4.22. The monoisotopic (exact) mass is 242 g/mol. The molecule has 1 heterocycles. The summed E-state index contributed by atoms with van der Waals surface area (Å²) < 4.78 is 5.28. The molecule has 0 saturated carbocycles. The molecule has 0 aliphatic carbocycles. The first kappa shape index (κ1) is 13.6. The Morgan fingerprint density at radius 1 is 1.56 bits per heavy atom. The van der Waals surface area contributed by atoms with Crippen LogP contribution < -0.4 is 5.32 Å². The second kappa shape index (κ2) is 7.79. The van der Waals surface area contributed by atoms with Gasteiger partial charge in [0.1, 0.15) is 0 Å². The molecular weight excluding hydrogens is 220 g/mol. The zero-order valence-corrected chi connectivity index (χ0v) is 11.2. The van der Waals surface area contributed by atoms with Gasteiger partial charge in [-0.25, -0.2) is 0 Å². The largest absolute Gasteiger partial charge is 0.383 e. The number of methoxy groups -OCH3 is 1. The van der Waals surface area contributed by atoms with E-state index in [0.717, 1.165) is 26.2 Å². The van der Waals surface area contributed by atoms with Gasteiger partial charge in [0.25, 0.3) is 0 Å². The van der Waals surface area contributed by atoms with Gasteiger partial charge in [0.2, 0.25) is 0 Å². The Kier molecular flexibility index (Phi) is 6.64. The molecule has 1 aromatic rings. The average Bonchev–Trinajstić information content (AvgIpc) is 2.78. The summed E-state index contributed by atoms with van der Waals surface area (Å²) in [6.07, 6.45) is 0. The zero-order valence-electron chi connectivity index (χ0n) is 10.4. The molecule has 1 aromatic heterocycles. The van der Waals surface area contributed by atoms with E-state index in [1.165, 1.54) is 4.88 Å².